The van der Waals surface area contributed by atoms with Crippen LogP contribution in [-0.4, -0.2) is 71.9 Å². The van der Waals surface area contributed by atoms with Gasteiger partial charge in [-0.15, -0.1) is 0 Å². The van der Waals surface area contributed by atoms with Crippen molar-refractivity contribution in [3.05, 3.63) is 0 Å². The lowest BCUT2D eigenvalue weighted by atomic mass is 9.91. The molecule has 20 heavy (non-hydrogen) atoms. The number of nitrogens with zero attached hydrogens (tertiary/aromatic N) is 2. The molecule has 4 nitrogen and oxygen atoms in total. The number of aliphatic hydroxyl groups excluding tert-OH is 1. The summed E-state index contributed by atoms with van der Waals surface area (Å²) >= 11 is 0. The van der Waals surface area contributed by atoms with Gasteiger partial charge in [0.15, 0.2) is 0 Å². The maximum atomic E-state index is 10.1. The summed E-state index contributed by atoms with van der Waals surface area (Å²) in [7, 11) is 2.22. The van der Waals surface area contributed by atoms with Gasteiger partial charge in [0, 0.05) is 37.8 Å². The van der Waals surface area contributed by atoms with E-state index in [4.69, 9.17) is 0 Å². The average Bonchev–Trinajstić information content (AvgIpc) is 3.25. The Hall–Kier alpha value is -0.160. The third-order valence-corrected chi connectivity index (χ3v) is 5.61. The Morgan fingerprint density at radius 1 is 1.20 bits per heavy atom. The minimum Gasteiger partial charge on any atom is -0.394 e. The number of rotatable bonds is 6. The topological polar surface area (TPSA) is 38.7 Å². The van der Waals surface area contributed by atoms with Crippen LogP contribution >= 0.6 is 0 Å². The molecule has 1 unspecified atom stereocenters. The van der Waals surface area contributed by atoms with Gasteiger partial charge in [-0.05, 0) is 52.5 Å². The smallest absolute Gasteiger partial charge is 0.0628 e. The van der Waals surface area contributed by atoms with Crippen molar-refractivity contribution in [1.29, 1.82) is 0 Å². The van der Waals surface area contributed by atoms with Crippen molar-refractivity contribution in [1.82, 2.24) is 15.1 Å². The van der Waals surface area contributed by atoms with Gasteiger partial charge in [-0.2, -0.15) is 0 Å². The van der Waals surface area contributed by atoms with Gasteiger partial charge in [0.05, 0.1) is 12.1 Å². The van der Waals surface area contributed by atoms with E-state index >= 15 is 0 Å². The lowest BCUT2D eigenvalue weighted by Gasteiger charge is -2.48. The molecule has 2 saturated carbocycles. The van der Waals surface area contributed by atoms with E-state index in [1.807, 2.05) is 0 Å². The molecule has 0 aromatic heterocycles. The van der Waals surface area contributed by atoms with Gasteiger partial charge in [-0.1, -0.05) is 0 Å². The van der Waals surface area contributed by atoms with Crippen molar-refractivity contribution in [3.63, 3.8) is 0 Å². The van der Waals surface area contributed by atoms with Gasteiger partial charge in [-0.25, -0.2) is 0 Å². The first-order valence-electron chi connectivity index (χ1n) is 8.27. The fourth-order valence-corrected chi connectivity index (χ4v) is 3.66. The molecule has 3 fully saturated rings. The van der Waals surface area contributed by atoms with Gasteiger partial charge in [0.1, 0.15) is 0 Å². The van der Waals surface area contributed by atoms with Crippen LogP contribution in [0.2, 0.25) is 0 Å². The zero-order chi connectivity index (χ0) is 14.4. The predicted octanol–water partition coefficient (Wildman–Crippen LogP) is 0.906. The molecule has 0 aromatic carbocycles. The second-order valence-corrected chi connectivity index (χ2v) is 7.95. The van der Waals surface area contributed by atoms with Crippen LogP contribution in [0.25, 0.3) is 0 Å². The Kier molecular flexibility index (Phi) is 3.87. The monoisotopic (exact) mass is 281 g/mol. The molecule has 1 heterocycles. The summed E-state index contributed by atoms with van der Waals surface area (Å²) in [6.07, 6.45) is 5.17. The molecule has 3 rings (SSSR count). The van der Waals surface area contributed by atoms with E-state index in [1.165, 1.54) is 25.7 Å². The van der Waals surface area contributed by atoms with Crippen LogP contribution in [0.3, 0.4) is 0 Å². The van der Waals surface area contributed by atoms with E-state index in [9.17, 15) is 5.11 Å². The molecule has 116 valence electrons. The fourth-order valence-electron chi connectivity index (χ4n) is 3.66. The van der Waals surface area contributed by atoms with E-state index in [2.05, 4.69) is 36.0 Å². The number of likely N-dealkylation sites (N-methyl/N-ethyl adjacent to an activating group) is 1. The maximum absolute atomic E-state index is 10.1. The number of hydrogen-bond acceptors (Lipinski definition) is 4. The van der Waals surface area contributed by atoms with Crippen molar-refractivity contribution >= 4 is 0 Å². The van der Waals surface area contributed by atoms with Crippen LogP contribution in [0.1, 0.15) is 39.5 Å². The van der Waals surface area contributed by atoms with Crippen LogP contribution in [0.15, 0.2) is 0 Å². The van der Waals surface area contributed by atoms with Gasteiger partial charge in [0.25, 0.3) is 0 Å². The van der Waals surface area contributed by atoms with E-state index in [0.29, 0.717) is 18.6 Å². The number of hydrogen-bond donors (Lipinski definition) is 2. The Morgan fingerprint density at radius 2 is 1.90 bits per heavy atom. The average molecular weight is 281 g/mol. The van der Waals surface area contributed by atoms with Crippen LogP contribution in [0.5, 0.6) is 0 Å². The number of piperazine rings is 1. The second-order valence-electron chi connectivity index (χ2n) is 7.95. The number of nitrogens with one attached hydrogen (secondary N) is 1. The van der Waals surface area contributed by atoms with Crippen LogP contribution in [-0.2, 0) is 0 Å². The molecule has 4 heteroatoms. The highest BCUT2D eigenvalue weighted by atomic mass is 16.3. The van der Waals surface area contributed by atoms with E-state index < -0.39 is 0 Å². The molecule has 3 aliphatic rings. The SMILES string of the molecule is CN1CCN(CC(CO)(NC2CC2)C2CC2)CC1(C)C. The molecule has 1 atom stereocenters. The van der Waals surface area contributed by atoms with Crippen LogP contribution in [0, 0.1) is 5.92 Å². The summed E-state index contributed by atoms with van der Waals surface area (Å²) in [6.45, 7) is 9.31. The molecule has 0 spiro atoms. The van der Waals surface area contributed by atoms with Crippen molar-refractivity contribution in [3.8, 4) is 0 Å². The zero-order valence-corrected chi connectivity index (χ0v) is 13.4. The molecule has 0 radical (unpaired) electrons. The van der Waals surface area contributed by atoms with Crippen LogP contribution in [0.4, 0.5) is 0 Å². The molecular formula is C16H31N3O. The zero-order valence-electron chi connectivity index (χ0n) is 13.4. The summed E-state index contributed by atoms with van der Waals surface area (Å²) in [4.78, 5) is 5.03. The van der Waals surface area contributed by atoms with Crippen molar-refractivity contribution < 1.29 is 5.11 Å². The van der Waals surface area contributed by atoms with Crippen molar-refractivity contribution in [2.24, 2.45) is 5.92 Å². The van der Waals surface area contributed by atoms with Gasteiger partial charge < -0.3 is 10.4 Å². The Labute approximate surface area is 123 Å². The molecule has 0 amide bonds. The van der Waals surface area contributed by atoms with Gasteiger partial charge in [0.2, 0.25) is 0 Å². The molecular weight excluding hydrogens is 250 g/mol. The first-order valence-corrected chi connectivity index (χ1v) is 8.27. The highest BCUT2D eigenvalue weighted by molar-refractivity contribution is 5.07. The van der Waals surface area contributed by atoms with E-state index in [-0.39, 0.29) is 11.1 Å². The summed E-state index contributed by atoms with van der Waals surface area (Å²) in [5.41, 5.74) is 0.204. The predicted molar refractivity (Wildman–Crippen MR) is 81.8 cm³/mol. The minimum absolute atomic E-state index is 0.0346. The Morgan fingerprint density at radius 3 is 2.40 bits per heavy atom. The lowest BCUT2D eigenvalue weighted by molar-refractivity contribution is 0.00844. The quantitative estimate of drug-likeness (QED) is 0.759. The fraction of sp³-hybridized carbons (Fsp3) is 1.00. The van der Waals surface area contributed by atoms with Gasteiger partial charge in [-0.3, -0.25) is 9.80 Å². The summed E-state index contributed by atoms with van der Waals surface area (Å²) in [5.74, 6) is 0.691. The van der Waals surface area contributed by atoms with Crippen molar-refractivity contribution in [2.75, 3.05) is 39.8 Å². The second kappa shape index (κ2) is 5.24. The first kappa shape index (κ1) is 14.8. The number of aliphatic hydroxyl groups is 1. The third-order valence-electron chi connectivity index (χ3n) is 5.61. The molecule has 2 N–H and O–H groups in total. The Balaban J connectivity index is 1.66. The van der Waals surface area contributed by atoms with Crippen LogP contribution < -0.4 is 5.32 Å². The minimum atomic E-state index is -0.0346. The van der Waals surface area contributed by atoms with E-state index in [1.54, 1.807) is 0 Å². The third kappa shape index (κ3) is 3.03. The van der Waals surface area contributed by atoms with E-state index in [0.717, 1.165) is 26.2 Å². The molecule has 1 saturated heterocycles. The largest absolute Gasteiger partial charge is 0.394 e. The maximum Gasteiger partial charge on any atom is 0.0628 e. The highest BCUT2D eigenvalue weighted by Gasteiger charge is 2.49. The molecule has 0 aromatic rings. The first-order chi connectivity index (χ1) is 9.45. The van der Waals surface area contributed by atoms with Crippen molar-refractivity contribution in [2.45, 2.75) is 56.7 Å². The Bertz CT molecular complexity index is 352. The summed E-state index contributed by atoms with van der Waals surface area (Å²) in [5, 5.41) is 13.9. The standard InChI is InChI=1S/C16H31N3O/c1-15(2)10-19(9-8-18(15)3)11-16(12-20,13-4-5-13)17-14-6-7-14/h13-14,17,20H,4-12H2,1-3H3. The highest BCUT2D eigenvalue weighted by Crippen LogP contribution is 2.42. The normalized spacial score (nSPS) is 31.2. The van der Waals surface area contributed by atoms with Gasteiger partial charge >= 0.3 is 0 Å². The molecule has 0 bridgehead atoms. The lowest BCUT2D eigenvalue weighted by Crippen LogP contribution is -2.64. The molecule has 1 aliphatic heterocycles. The summed E-state index contributed by atoms with van der Waals surface area (Å²) in [6, 6.07) is 0.670. The summed E-state index contributed by atoms with van der Waals surface area (Å²) < 4.78 is 0. The molecule has 2 aliphatic carbocycles.